The molecule has 3 N–H and O–H groups in total. The number of pyridine rings is 1. The highest BCUT2D eigenvalue weighted by Crippen LogP contribution is 2.36. The Morgan fingerprint density at radius 1 is 1.55 bits per heavy atom. The Morgan fingerprint density at radius 2 is 2.35 bits per heavy atom. The molecule has 1 aliphatic rings. The van der Waals surface area contributed by atoms with Gasteiger partial charge in [0.15, 0.2) is 0 Å². The van der Waals surface area contributed by atoms with Crippen LogP contribution in [0.15, 0.2) is 18.5 Å². The van der Waals surface area contributed by atoms with Crippen molar-refractivity contribution in [3.63, 3.8) is 0 Å². The number of nitrogens with two attached hydrogens (primary N) is 1. The molecule has 0 saturated heterocycles. The molecule has 1 amide bonds. The molecule has 1 aromatic rings. The normalized spacial score (nSPS) is 20.1. The second-order valence-electron chi connectivity index (χ2n) is 6.05. The number of hydrogen-bond acceptors (Lipinski definition) is 3. The maximum atomic E-state index is 12.2. The minimum absolute atomic E-state index is 0.0726. The van der Waals surface area contributed by atoms with Crippen molar-refractivity contribution in [3.05, 3.63) is 29.6 Å². The van der Waals surface area contributed by atoms with Crippen molar-refractivity contribution in [2.75, 3.05) is 6.54 Å². The van der Waals surface area contributed by atoms with E-state index in [0.29, 0.717) is 17.5 Å². The van der Waals surface area contributed by atoms with Crippen LogP contribution in [0.4, 0.5) is 0 Å². The van der Waals surface area contributed by atoms with E-state index in [4.69, 9.17) is 5.73 Å². The Hall–Kier alpha value is -1.86. The van der Waals surface area contributed by atoms with E-state index in [0.717, 1.165) is 24.8 Å². The SMILES string of the molecule is CC1(C)CCC(NC(=O)c2cncc(C#CCN)c2)C1. The minimum atomic E-state index is -0.0726. The minimum Gasteiger partial charge on any atom is -0.349 e. The summed E-state index contributed by atoms with van der Waals surface area (Å²) in [5, 5.41) is 3.08. The van der Waals surface area contributed by atoms with Gasteiger partial charge in [0, 0.05) is 24.0 Å². The number of carbonyl (C=O) groups is 1. The highest BCUT2D eigenvalue weighted by atomic mass is 16.1. The van der Waals surface area contributed by atoms with E-state index in [1.54, 1.807) is 18.5 Å². The molecule has 0 spiro atoms. The fourth-order valence-corrected chi connectivity index (χ4v) is 2.61. The van der Waals surface area contributed by atoms with Crippen LogP contribution in [0.25, 0.3) is 0 Å². The van der Waals surface area contributed by atoms with Crippen molar-refractivity contribution >= 4 is 5.91 Å². The van der Waals surface area contributed by atoms with Gasteiger partial charge in [0.05, 0.1) is 12.1 Å². The monoisotopic (exact) mass is 271 g/mol. The molecule has 1 heterocycles. The maximum Gasteiger partial charge on any atom is 0.253 e. The largest absolute Gasteiger partial charge is 0.349 e. The lowest BCUT2D eigenvalue weighted by Crippen LogP contribution is -2.33. The summed E-state index contributed by atoms with van der Waals surface area (Å²) < 4.78 is 0. The number of aromatic nitrogens is 1. The Balaban J connectivity index is 2.02. The van der Waals surface area contributed by atoms with Crippen molar-refractivity contribution in [2.24, 2.45) is 11.1 Å². The van der Waals surface area contributed by atoms with Crippen molar-refractivity contribution in [1.29, 1.82) is 0 Å². The summed E-state index contributed by atoms with van der Waals surface area (Å²) in [4.78, 5) is 16.3. The van der Waals surface area contributed by atoms with Gasteiger partial charge in [-0.3, -0.25) is 9.78 Å². The molecule has 4 nitrogen and oxygen atoms in total. The molecule has 1 unspecified atom stereocenters. The molecule has 0 bridgehead atoms. The van der Waals surface area contributed by atoms with Crippen LogP contribution in [0.3, 0.4) is 0 Å². The van der Waals surface area contributed by atoms with Crippen LogP contribution in [-0.2, 0) is 0 Å². The van der Waals surface area contributed by atoms with Gasteiger partial charge in [0.25, 0.3) is 5.91 Å². The summed E-state index contributed by atoms with van der Waals surface area (Å²) in [5.74, 6) is 5.58. The van der Waals surface area contributed by atoms with Gasteiger partial charge in [-0.1, -0.05) is 25.7 Å². The Kier molecular flexibility index (Phi) is 4.41. The zero-order valence-electron chi connectivity index (χ0n) is 12.1. The van der Waals surface area contributed by atoms with E-state index in [1.165, 1.54) is 0 Å². The molecule has 106 valence electrons. The second kappa shape index (κ2) is 6.06. The van der Waals surface area contributed by atoms with Crippen molar-refractivity contribution in [2.45, 2.75) is 39.2 Å². The smallest absolute Gasteiger partial charge is 0.253 e. The third kappa shape index (κ3) is 3.82. The lowest BCUT2D eigenvalue weighted by Gasteiger charge is -2.17. The molecule has 1 fully saturated rings. The summed E-state index contributed by atoms with van der Waals surface area (Å²) in [5.41, 5.74) is 6.93. The van der Waals surface area contributed by atoms with E-state index in [1.807, 2.05) is 0 Å². The van der Waals surface area contributed by atoms with E-state index in [9.17, 15) is 4.79 Å². The molecule has 0 aromatic carbocycles. The quantitative estimate of drug-likeness (QED) is 0.804. The first-order valence-electron chi connectivity index (χ1n) is 6.95. The van der Waals surface area contributed by atoms with E-state index in [2.05, 4.69) is 36.0 Å². The van der Waals surface area contributed by atoms with Gasteiger partial charge >= 0.3 is 0 Å². The first-order valence-corrected chi connectivity index (χ1v) is 6.95. The number of amides is 1. The number of nitrogens with zero attached hydrogens (tertiary/aromatic N) is 1. The molecule has 20 heavy (non-hydrogen) atoms. The molecule has 1 atom stereocenters. The van der Waals surface area contributed by atoms with Crippen LogP contribution in [0.5, 0.6) is 0 Å². The van der Waals surface area contributed by atoms with Gasteiger partial charge < -0.3 is 11.1 Å². The third-order valence-electron chi connectivity index (χ3n) is 3.64. The van der Waals surface area contributed by atoms with E-state index in [-0.39, 0.29) is 11.9 Å². The highest BCUT2D eigenvalue weighted by molar-refractivity contribution is 5.94. The van der Waals surface area contributed by atoms with Crippen LogP contribution in [0, 0.1) is 17.3 Å². The molecule has 4 heteroatoms. The van der Waals surface area contributed by atoms with Crippen LogP contribution < -0.4 is 11.1 Å². The first kappa shape index (κ1) is 14.5. The lowest BCUT2D eigenvalue weighted by molar-refractivity contribution is 0.0935. The van der Waals surface area contributed by atoms with Crippen LogP contribution in [0.1, 0.15) is 49.0 Å². The molecule has 1 aromatic heterocycles. The van der Waals surface area contributed by atoms with Gasteiger partial charge in [-0.25, -0.2) is 0 Å². The Labute approximate surface area is 120 Å². The molecular formula is C16H21N3O. The molecule has 0 radical (unpaired) electrons. The average Bonchev–Trinajstić information content (AvgIpc) is 2.76. The van der Waals surface area contributed by atoms with Crippen LogP contribution >= 0.6 is 0 Å². The number of rotatable bonds is 2. The first-order chi connectivity index (χ1) is 9.50. The average molecular weight is 271 g/mol. The molecule has 1 saturated carbocycles. The fraction of sp³-hybridized carbons (Fsp3) is 0.500. The summed E-state index contributed by atoms with van der Waals surface area (Å²) in [6, 6.07) is 2.02. The van der Waals surface area contributed by atoms with E-state index < -0.39 is 0 Å². The fourth-order valence-electron chi connectivity index (χ4n) is 2.61. The van der Waals surface area contributed by atoms with E-state index >= 15 is 0 Å². The summed E-state index contributed by atoms with van der Waals surface area (Å²) in [7, 11) is 0. The zero-order valence-corrected chi connectivity index (χ0v) is 12.1. The maximum absolute atomic E-state index is 12.2. The number of nitrogens with one attached hydrogen (secondary N) is 1. The number of carbonyl (C=O) groups excluding carboxylic acids is 1. The number of hydrogen-bond donors (Lipinski definition) is 2. The standard InChI is InChI=1S/C16H21N3O/c1-16(2)6-5-14(9-16)19-15(20)13-8-12(4-3-7-17)10-18-11-13/h8,10-11,14H,5-7,9,17H2,1-2H3,(H,19,20). The summed E-state index contributed by atoms with van der Waals surface area (Å²) in [6.45, 7) is 4.78. The van der Waals surface area contributed by atoms with Crippen molar-refractivity contribution in [3.8, 4) is 11.8 Å². The Bertz CT molecular complexity index is 554. The van der Waals surface area contributed by atoms with Crippen molar-refractivity contribution < 1.29 is 4.79 Å². The predicted molar refractivity (Wildman–Crippen MR) is 79.1 cm³/mol. The third-order valence-corrected chi connectivity index (χ3v) is 3.64. The lowest BCUT2D eigenvalue weighted by atomic mass is 9.92. The molecule has 1 aliphatic carbocycles. The molecule has 0 aliphatic heterocycles. The van der Waals surface area contributed by atoms with Crippen molar-refractivity contribution in [1.82, 2.24) is 10.3 Å². The summed E-state index contributed by atoms with van der Waals surface area (Å²) >= 11 is 0. The molecular weight excluding hydrogens is 250 g/mol. The predicted octanol–water partition coefficient (Wildman–Crippen LogP) is 1.70. The molecule has 2 rings (SSSR count). The zero-order chi connectivity index (χ0) is 14.6. The van der Waals surface area contributed by atoms with Gasteiger partial charge in [0.2, 0.25) is 0 Å². The van der Waals surface area contributed by atoms with Gasteiger partial charge in [-0.05, 0) is 30.7 Å². The second-order valence-corrected chi connectivity index (χ2v) is 6.05. The van der Waals surface area contributed by atoms with Crippen LogP contribution in [-0.4, -0.2) is 23.5 Å². The topological polar surface area (TPSA) is 68.0 Å². The van der Waals surface area contributed by atoms with Gasteiger partial charge in [-0.15, -0.1) is 0 Å². The van der Waals surface area contributed by atoms with Gasteiger partial charge in [0.1, 0.15) is 0 Å². The van der Waals surface area contributed by atoms with Gasteiger partial charge in [-0.2, -0.15) is 0 Å². The highest BCUT2D eigenvalue weighted by Gasteiger charge is 2.31. The van der Waals surface area contributed by atoms with Crippen LogP contribution in [0.2, 0.25) is 0 Å². The Morgan fingerprint density at radius 3 is 3.00 bits per heavy atom. The summed E-state index contributed by atoms with van der Waals surface area (Å²) in [6.07, 6.45) is 6.43.